The maximum atomic E-state index is 12.3. The van der Waals surface area contributed by atoms with E-state index in [0.29, 0.717) is 19.5 Å². The van der Waals surface area contributed by atoms with Gasteiger partial charge in [-0.05, 0) is 47.9 Å². The molecule has 0 aliphatic rings. The van der Waals surface area contributed by atoms with Gasteiger partial charge in [0.1, 0.15) is 5.69 Å². The summed E-state index contributed by atoms with van der Waals surface area (Å²) in [4.78, 5) is 4.37. The van der Waals surface area contributed by atoms with Crippen molar-refractivity contribution in [1.29, 1.82) is 0 Å². The summed E-state index contributed by atoms with van der Waals surface area (Å²) in [5, 5.41) is 8.40. The zero-order chi connectivity index (χ0) is 21.7. The van der Waals surface area contributed by atoms with E-state index < -0.39 is 10.0 Å². The Bertz CT molecular complexity index is 1260. The van der Waals surface area contributed by atoms with E-state index in [1.54, 1.807) is 47.4 Å². The third-order valence-electron chi connectivity index (χ3n) is 4.70. The van der Waals surface area contributed by atoms with Crippen LogP contribution in [-0.2, 0) is 23.0 Å². The van der Waals surface area contributed by atoms with Gasteiger partial charge in [-0.2, -0.15) is 0 Å². The van der Waals surface area contributed by atoms with Crippen LogP contribution >= 0.6 is 15.9 Å². The highest BCUT2D eigenvalue weighted by molar-refractivity contribution is 9.10. The first-order valence-corrected chi connectivity index (χ1v) is 11.9. The summed E-state index contributed by atoms with van der Waals surface area (Å²) in [6, 6.07) is 18.2. The molecule has 0 unspecified atom stereocenters. The van der Waals surface area contributed by atoms with E-state index in [-0.39, 0.29) is 4.90 Å². The third kappa shape index (κ3) is 5.43. The summed E-state index contributed by atoms with van der Waals surface area (Å²) in [6.07, 6.45) is 5.93. The van der Waals surface area contributed by atoms with Crippen molar-refractivity contribution in [2.24, 2.45) is 0 Å². The molecule has 0 radical (unpaired) electrons. The largest absolute Gasteiger partial charge is 0.264 e. The molecule has 2 aromatic heterocycles. The molecule has 0 spiro atoms. The van der Waals surface area contributed by atoms with Gasteiger partial charge < -0.3 is 0 Å². The number of hydrogen-bond donors (Lipinski definition) is 1. The monoisotopic (exact) mass is 497 g/mol. The Morgan fingerprint density at radius 1 is 1.03 bits per heavy atom. The number of halogens is 1. The van der Waals surface area contributed by atoms with E-state index in [2.05, 4.69) is 35.9 Å². The summed E-state index contributed by atoms with van der Waals surface area (Å²) in [5.74, 6) is 0. The molecule has 1 N–H and O–H groups in total. The maximum absolute atomic E-state index is 12.3. The second-order valence-electron chi connectivity index (χ2n) is 6.93. The molecule has 0 atom stereocenters. The predicted octanol–water partition coefficient (Wildman–Crippen LogP) is 3.67. The average Bonchev–Trinajstić information content (AvgIpc) is 3.25. The van der Waals surface area contributed by atoms with E-state index in [1.807, 2.05) is 36.5 Å². The second-order valence-corrected chi connectivity index (χ2v) is 9.55. The first kappa shape index (κ1) is 21.4. The molecule has 2 aromatic carbocycles. The van der Waals surface area contributed by atoms with Crippen LogP contribution in [0, 0.1) is 0 Å². The normalized spacial score (nSPS) is 11.5. The standard InChI is InChI=1S/C22H20BrN5O2S/c23-21-13-17(15-28-16-22(26-27-28)19-5-4-11-24-14-19)8-9-18(21)10-12-25-31(29,30)20-6-2-1-3-7-20/h1-9,11,13-14,16,25H,10,12,15H2. The average molecular weight is 498 g/mol. The molecule has 0 aliphatic heterocycles. The Kier molecular flexibility index (Phi) is 6.55. The lowest BCUT2D eigenvalue weighted by Gasteiger charge is -2.09. The zero-order valence-electron chi connectivity index (χ0n) is 16.5. The first-order valence-electron chi connectivity index (χ1n) is 9.64. The number of nitrogens with one attached hydrogen (secondary N) is 1. The minimum Gasteiger partial charge on any atom is -0.264 e. The molecule has 7 nitrogen and oxygen atoms in total. The SMILES string of the molecule is O=S(=O)(NCCc1ccc(Cn2cc(-c3cccnc3)nn2)cc1Br)c1ccccc1. The summed E-state index contributed by atoms with van der Waals surface area (Å²) < 4.78 is 30.0. The fourth-order valence-corrected chi connectivity index (χ4v) is 4.78. The quantitative estimate of drug-likeness (QED) is 0.401. The molecule has 0 saturated heterocycles. The molecular formula is C22H20BrN5O2S. The summed E-state index contributed by atoms with van der Waals surface area (Å²) >= 11 is 3.60. The van der Waals surface area contributed by atoms with Crippen LogP contribution in [0.15, 0.2) is 88.6 Å². The minimum absolute atomic E-state index is 0.267. The molecule has 31 heavy (non-hydrogen) atoms. The van der Waals surface area contributed by atoms with Crippen molar-refractivity contribution in [3.05, 3.63) is 94.9 Å². The molecule has 0 fully saturated rings. The van der Waals surface area contributed by atoms with Gasteiger partial charge in [0.15, 0.2) is 0 Å². The Balaban J connectivity index is 1.37. The highest BCUT2D eigenvalue weighted by atomic mass is 79.9. The third-order valence-corrected chi connectivity index (χ3v) is 6.91. The van der Waals surface area contributed by atoms with E-state index >= 15 is 0 Å². The fraction of sp³-hybridized carbons (Fsp3) is 0.136. The van der Waals surface area contributed by atoms with Gasteiger partial charge in [0.05, 0.1) is 17.6 Å². The van der Waals surface area contributed by atoms with Crippen LogP contribution in [0.1, 0.15) is 11.1 Å². The number of sulfonamides is 1. The Hall–Kier alpha value is -2.88. The molecule has 0 aliphatic carbocycles. The predicted molar refractivity (Wildman–Crippen MR) is 122 cm³/mol. The van der Waals surface area contributed by atoms with Crippen molar-refractivity contribution in [2.75, 3.05) is 6.54 Å². The lowest BCUT2D eigenvalue weighted by atomic mass is 10.1. The molecule has 0 saturated carbocycles. The topological polar surface area (TPSA) is 89.8 Å². The Morgan fingerprint density at radius 3 is 2.61 bits per heavy atom. The molecular weight excluding hydrogens is 478 g/mol. The number of hydrogen-bond acceptors (Lipinski definition) is 5. The molecule has 9 heteroatoms. The van der Waals surface area contributed by atoms with Gasteiger partial charge in [-0.15, -0.1) is 5.10 Å². The van der Waals surface area contributed by atoms with Gasteiger partial charge in [0.25, 0.3) is 0 Å². The van der Waals surface area contributed by atoms with Crippen molar-refractivity contribution in [2.45, 2.75) is 17.9 Å². The number of benzene rings is 2. The highest BCUT2D eigenvalue weighted by Crippen LogP contribution is 2.21. The molecule has 0 bridgehead atoms. The van der Waals surface area contributed by atoms with Crippen LogP contribution in [-0.4, -0.2) is 34.9 Å². The summed E-state index contributed by atoms with van der Waals surface area (Å²) in [5.41, 5.74) is 3.77. The Morgan fingerprint density at radius 2 is 1.87 bits per heavy atom. The lowest BCUT2D eigenvalue weighted by molar-refractivity contribution is 0.581. The van der Waals surface area contributed by atoms with Crippen molar-refractivity contribution in [1.82, 2.24) is 24.7 Å². The van der Waals surface area contributed by atoms with Crippen LogP contribution < -0.4 is 4.72 Å². The molecule has 2 heterocycles. The summed E-state index contributed by atoms with van der Waals surface area (Å²) in [7, 11) is -3.50. The fourth-order valence-electron chi connectivity index (χ4n) is 3.10. The van der Waals surface area contributed by atoms with E-state index in [9.17, 15) is 8.42 Å². The van der Waals surface area contributed by atoms with Gasteiger partial charge >= 0.3 is 0 Å². The van der Waals surface area contributed by atoms with Crippen LogP contribution in [0.3, 0.4) is 0 Å². The molecule has 4 rings (SSSR count). The van der Waals surface area contributed by atoms with Crippen molar-refractivity contribution in [3.8, 4) is 11.3 Å². The maximum Gasteiger partial charge on any atom is 0.240 e. The summed E-state index contributed by atoms with van der Waals surface area (Å²) in [6.45, 7) is 0.888. The second kappa shape index (κ2) is 9.51. The lowest BCUT2D eigenvalue weighted by Crippen LogP contribution is -2.26. The van der Waals surface area contributed by atoms with Gasteiger partial charge in [-0.1, -0.05) is 51.5 Å². The van der Waals surface area contributed by atoms with Crippen molar-refractivity contribution < 1.29 is 8.42 Å². The van der Waals surface area contributed by atoms with Gasteiger partial charge in [0.2, 0.25) is 10.0 Å². The molecule has 4 aromatic rings. The zero-order valence-corrected chi connectivity index (χ0v) is 18.9. The highest BCUT2D eigenvalue weighted by Gasteiger charge is 2.13. The van der Waals surface area contributed by atoms with Gasteiger partial charge in [-0.25, -0.2) is 17.8 Å². The van der Waals surface area contributed by atoms with Crippen LogP contribution in [0.4, 0.5) is 0 Å². The Labute approximate surface area is 189 Å². The van der Waals surface area contributed by atoms with Crippen LogP contribution in [0.25, 0.3) is 11.3 Å². The van der Waals surface area contributed by atoms with E-state index in [4.69, 9.17) is 0 Å². The van der Waals surface area contributed by atoms with Gasteiger partial charge in [0, 0.05) is 29.0 Å². The first-order chi connectivity index (χ1) is 15.0. The molecule has 158 valence electrons. The van der Waals surface area contributed by atoms with E-state index in [1.165, 1.54) is 0 Å². The van der Waals surface area contributed by atoms with Crippen LogP contribution in [0.5, 0.6) is 0 Å². The van der Waals surface area contributed by atoms with Crippen molar-refractivity contribution >= 4 is 26.0 Å². The number of nitrogens with zero attached hydrogens (tertiary/aromatic N) is 4. The smallest absolute Gasteiger partial charge is 0.240 e. The van der Waals surface area contributed by atoms with Gasteiger partial charge in [-0.3, -0.25) is 4.98 Å². The number of rotatable bonds is 8. The van der Waals surface area contributed by atoms with Crippen molar-refractivity contribution in [3.63, 3.8) is 0 Å². The van der Waals surface area contributed by atoms with E-state index in [0.717, 1.165) is 26.9 Å². The minimum atomic E-state index is -3.50. The van der Waals surface area contributed by atoms with Crippen LogP contribution in [0.2, 0.25) is 0 Å². The number of aromatic nitrogens is 4. The number of pyridine rings is 1. The molecule has 0 amide bonds.